The van der Waals surface area contributed by atoms with E-state index < -0.39 is 11.0 Å². The summed E-state index contributed by atoms with van der Waals surface area (Å²) in [6.07, 6.45) is 4.25. The summed E-state index contributed by atoms with van der Waals surface area (Å²) in [4.78, 5) is 17.7. The van der Waals surface area contributed by atoms with Crippen LogP contribution in [-0.4, -0.2) is 62.8 Å². The van der Waals surface area contributed by atoms with Crippen LogP contribution in [0.15, 0.2) is 49.1 Å². The SMILES string of the molecule is C=CCN1CC[C@]23c4c5ccc(O)c4O[C@H]2[C@@H](N2Cc4ccccc4C2=O)CC[C@@]3(O)[C@H]1C5. The maximum absolute atomic E-state index is 13.4. The maximum Gasteiger partial charge on any atom is 0.254 e. The zero-order valence-corrected chi connectivity index (χ0v) is 18.5. The van der Waals surface area contributed by atoms with E-state index in [1.54, 1.807) is 6.07 Å². The molecule has 3 aliphatic heterocycles. The molecule has 0 radical (unpaired) electrons. The zero-order valence-electron chi connectivity index (χ0n) is 18.5. The van der Waals surface area contributed by atoms with E-state index in [-0.39, 0.29) is 29.8 Å². The van der Waals surface area contributed by atoms with Crippen molar-refractivity contribution in [3.8, 4) is 11.5 Å². The molecule has 2 N–H and O–H groups in total. The highest BCUT2D eigenvalue weighted by Gasteiger charge is 2.73. The standard InChI is InChI=1S/C27H28N2O4/c1-2-12-28-13-11-26-22-16-7-8-20(30)23(22)33-24(26)19(9-10-27(26,32)21(28)14-16)29-15-17-5-3-4-6-18(17)25(29)31/h2-8,19,21,24,30,32H,1,9-15H2/t19-,21+,24-,26-,27+/m0/s1. The number of nitrogens with zero attached hydrogens (tertiary/aromatic N) is 2. The van der Waals surface area contributed by atoms with Gasteiger partial charge in [0.15, 0.2) is 11.5 Å². The highest BCUT2D eigenvalue weighted by Crippen LogP contribution is 2.66. The van der Waals surface area contributed by atoms with Gasteiger partial charge in [0.25, 0.3) is 5.91 Å². The van der Waals surface area contributed by atoms with E-state index in [1.165, 1.54) is 0 Å². The van der Waals surface area contributed by atoms with Crippen LogP contribution in [-0.2, 0) is 18.4 Å². The lowest BCUT2D eigenvalue weighted by Crippen LogP contribution is -2.78. The number of hydrogen-bond donors (Lipinski definition) is 2. The monoisotopic (exact) mass is 444 g/mol. The third kappa shape index (κ3) is 2.19. The minimum Gasteiger partial charge on any atom is -0.504 e. The van der Waals surface area contributed by atoms with E-state index in [9.17, 15) is 15.0 Å². The summed E-state index contributed by atoms with van der Waals surface area (Å²) in [5, 5.41) is 23.2. The van der Waals surface area contributed by atoms with Crippen molar-refractivity contribution in [1.29, 1.82) is 0 Å². The number of carbonyl (C=O) groups is 1. The van der Waals surface area contributed by atoms with Crippen molar-refractivity contribution in [2.24, 2.45) is 0 Å². The Balaban J connectivity index is 1.38. The second-order valence-electron chi connectivity index (χ2n) is 10.3. The van der Waals surface area contributed by atoms with Crippen LogP contribution in [0.3, 0.4) is 0 Å². The molecule has 2 aliphatic carbocycles. The number of carbonyl (C=O) groups excluding carboxylic acids is 1. The molecular weight excluding hydrogens is 416 g/mol. The number of amides is 1. The van der Waals surface area contributed by atoms with Gasteiger partial charge in [-0.25, -0.2) is 0 Å². The van der Waals surface area contributed by atoms with Gasteiger partial charge in [0.05, 0.1) is 17.1 Å². The predicted octanol–water partition coefficient (Wildman–Crippen LogP) is 2.76. The Bertz CT molecular complexity index is 1210. The van der Waals surface area contributed by atoms with Crippen molar-refractivity contribution >= 4 is 5.91 Å². The van der Waals surface area contributed by atoms with Gasteiger partial charge in [-0.2, -0.15) is 0 Å². The van der Waals surface area contributed by atoms with Crippen molar-refractivity contribution in [3.05, 3.63) is 71.3 Å². The molecule has 0 unspecified atom stereocenters. The number of rotatable bonds is 3. The Morgan fingerprint density at radius 1 is 1.18 bits per heavy atom. The van der Waals surface area contributed by atoms with Crippen LogP contribution in [0.4, 0.5) is 0 Å². The Morgan fingerprint density at radius 2 is 2.03 bits per heavy atom. The molecule has 33 heavy (non-hydrogen) atoms. The summed E-state index contributed by atoms with van der Waals surface area (Å²) in [7, 11) is 0. The van der Waals surface area contributed by atoms with E-state index in [0.717, 1.165) is 48.2 Å². The Hall–Kier alpha value is -2.83. The average Bonchev–Trinajstić information content (AvgIpc) is 3.33. The van der Waals surface area contributed by atoms with Gasteiger partial charge in [0, 0.05) is 30.3 Å². The molecule has 5 atom stereocenters. The smallest absolute Gasteiger partial charge is 0.254 e. The van der Waals surface area contributed by atoms with Crippen LogP contribution in [0.1, 0.15) is 46.3 Å². The fraction of sp³-hybridized carbons (Fsp3) is 0.444. The van der Waals surface area contributed by atoms with Gasteiger partial charge in [-0.3, -0.25) is 9.69 Å². The van der Waals surface area contributed by atoms with Crippen LogP contribution in [0.2, 0.25) is 0 Å². The Kier molecular flexibility index (Phi) is 3.80. The van der Waals surface area contributed by atoms with Crippen molar-refractivity contribution in [2.45, 2.75) is 61.4 Å². The van der Waals surface area contributed by atoms with Gasteiger partial charge < -0.3 is 19.8 Å². The molecule has 6 heteroatoms. The first-order valence-electron chi connectivity index (χ1n) is 12.0. The molecule has 1 saturated heterocycles. The molecule has 6 nitrogen and oxygen atoms in total. The third-order valence-corrected chi connectivity index (χ3v) is 9.15. The molecule has 2 aromatic carbocycles. The largest absolute Gasteiger partial charge is 0.504 e. The van der Waals surface area contributed by atoms with Crippen LogP contribution in [0, 0.1) is 0 Å². The molecule has 3 heterocycles. The summed E-state index contributed by atoms with van der Waals surface area (Å²) in [5.74, 6) is 0.683. The zero-order chi connectivity index (χ0) is 22.5. The molecule has 2 bridgehead atoms. The van der Waals surface area contributed by atoms with Crippen LogP contribution in [0.25, 0.3) is 0 Å². The van der Waals surface area contributed by atoms with E-state index in [1.807, 2.05) is 41.3 Å². The summed E-state index contributed by atoms with van der Waals surface area (Å²) < 4.78 is 6.60. The predicted molar refractivity (Wildman–Crippen MR) is 122 cm³/mol. The third-order valence-electron chi connectivity index (χ3n) is 9.15. The number of phenols is 1. The van der Waals surface area contributed by atoms with Crippen molar-refractivity contribution in [3.63, 3.8) is 0 Å². The molecule has 170 valence electrons. The topological polar surface area (TPSA) is 73.2 Å². The van der Waals surface area contributed by atoms with Crippen LogP contribution >= 0.6 is 0 Å². The summed E-state index contributed by atoms with van der Waals surface area (Å²) >= 11 is 0. The van der Waals surface area contributed by atoms with E-state index in [4.69, 9.17) is 4.74 Å². The first kappa shape index (κ1) is 19.6. The molecule has 1 spiro atoms. The summed E-state index contributed by atoms with van der Waals surface area (Å²) in [5.41, 5.74) is 2.33. The number of aliphatic hydroxyl groups is 1. The molecule has 1 saturated carbocycles. The average molecular weight is 445 g/mol. The van der Waals surface area contributed by atoms with Crippen molar-refractivity contribution in [2.75, 3.05) is 13.1 Å². The molecule has 1 amide bonds. The molecule has 2 aromatic rings. The lowest BCUT2D eigenvalue weighted by atomic mass is 9.48. The van der Waals surface area contributed by atoms with Gasteiger partial charge in [0.2, 0.25) is 0 Å². The molecular formula is C27H28N2O4. The second-order valence-corrected chi connectivity index (χ2v) is 10.3. The molecule has 7 rings (SSSR count). The van der Waals surface area contributed by atoms with Gasteiger partial charge in [-0.15, -0.1) is 6.58 Å². The highest BCUT2D eigenvalue weighted by molar-refractivity contribution is 5.98. The fourth-order valence-electron chi connectivity index (χ4n) is 7.85. The van der Waals surface area contributed by atoms with E-state index in [2.05, 4.69) is 11.5 Å². The number of hydrogen-bond acceptors (Lipinski definition) is 5. The fourth-order valence-corrected chi connectivity index (χ4v) is 7.85. The lowest BCUT2D eigenvalue weighted by molar-refractivity contribution is -0.196. The number of piperidine rings is 1. The van der Waals surface area contributed by atoms with Gasteiger partial charge >= 0.3 is 0 Å². The summed E-state index contributed by atoms with van der Waals surface area (Å²) in [6, 6.07) is 11.3. The van der Waals surface area contributed by atoms with Gasteiger partial charge in [-0.1, -0.05) is 30.3 Å². The van der Waals surface area contributed by atoms with Crippen LogP contribution < -0.4 is 4.74 Å². The first-order chi connectivity index (χ1) is 16.0. The number of ether oxygens (including phenoxy) is 1. The highest BCUT2D eigenvalue weighted by atomic mass is 16.5. The minimum absolute atomic E-state index is 0.0363. The Morgan fingerprint density at radius 3 is 2.85 bits per heavy atom. The van der Waals surface area contributed by atoms with E-state index in [0.29, 0.717) is 25.1 Å². The second kappa shape index (κ2) is 6.39. The molecule has 0 aromatic heterocycles. The number of likely N-dealkylation sites (tertiary alicyclic amines) is 1. The maximum atomic E-state index is 13.4. The summed E-state index contributed by atoms with van der Waals surface area (Å²) in [6.45, 7) is 6.06. The normalized spacial score (nSPS) is 35.7. The molecule has 5 aliphatic rings. The number of fused-ring (bicyclic) bond motifs is 1. The van der Waals surface area contributed by atoms with Gasteiger partial charge in [0.1, 0.15) is 6.10 Å². The lowest BCUT2D eigenvalue weighted by Gasteiger charge is -2.64. The molecule has 2 fully saturated rings. The van der Waals surface area contributed by atoms with Crippen molar-refractivity contribution in [1.82, 2.24) is 9.80 Å². The van der Waals surface area contributed by atoms with E-state index >= 15 is 0 Å². The Labute approximate surface area is 193 Å². The first-order valence-corrected chi connectivity index (χ1v) is 12.0. The number of phenolic OH excluding ortho intramolecular Hbond substituents is 1. The minimum atomic E-state index is -0.975. The van der Waals surface area contributed by atoms with Gasteiger partial charge in [-0.05, 0) is 55.5 Å². The number of aromatic hydroxyl groups is 1. The van der Waals surface area contributed by atoms with Crippen LogP contribution in [0.5, 0.6) is 11.5 Å². The number of benzene rings is 2. The quantitative estimate of drug-likeness (QED) is 0.713. The van der Waals surface area contributed by atoms with Crippen molar-refractivity contribution < 1.29 is 19.7 Å².